The van der Waals surface area contributed by atoms with Gasteiger partial charge in [0.25, 0.3) is 0 Å². The Hall–Kier alpha value is -1.50. The molecule has 1 saturated heterocycles. The molecule has 8 heteroatoms. The maximum absolute atomic E-state index is 12.2. The molecule has 1 atom stereocenters. The van der Waals surface area contributed by atoms with Crippen LogP contribution in [0, 0.1) is 0 Å². The van der Waals surface area contributed by atoms with E-state index in [1.807, 2.05) is 16.8 Å². The van der Waals surface area contributed by atoms with Crippen molar-refractivity contribution in [1.82, 2.24) is 24.8 Å². The normalized spacial score (nSPS) is 18.4. The number of fused-ring (bicyclic) bond motifs is 3. The maximum Gasteiger partial charge on any atom is 0.326 e. The molecule has 0 unspecified atom stereocenters. The number of imidazole rings is 1. The molecule has 1 aliphatic heterocycles. The van der Waals surface area contributed by atoms with E-state index < -0.39 is 0 Å². The summed E-state index contributed by atoms with van der Waals surface area (Å²) in [6.45, 7) is 1.88. The molecule has 0 saturated carbocycles. The van der Waals surface area contributed by atoms with Crippen molar-refractivity contribution in [3.63, 3.8) is 0 Å². The lowest BCUT2D eigenvalue weighted by molar-refractivity contribution is 0.372. The third kappa shape index (κ3) is 2.43. The summed E-state index contributed by atoms with van der Waals surface area (Å²) >= 11 is 0. The summed E-state index contributed by atoms with van der Waals surface area (Å²) in [4.78, 5) is 22.6. The van der Waals surface area contributed by atoms with Gasteiger partial charge < -0.3 is 15.3 Å². The molecule has 6 nitrogen and oxygen atoms in total. The number of H-pyrrole nitrogens is 2. The van der Waals surface area contributed by atoms with Gasteiger partial charge in [-0.3, -0.25) is 4.57 Å². The Morgan fingerprint density at radius 2 is 2.19 bits per heavy atom. The maximum atomic E-state index is 12.2. The Bertz CT molecular complexity index is 800. The summed E-state index contributed by atoms with van der Waals surface area (Å²) in [5.74, 6) is 0. The number of piperidine rings is 1. The van der Waals surface area contributed by atoms with E-state index in [1.165, 1.54) is 0 Å². The fraction of sp³-hybridized carbons (Fsp3) is 0.385. The van der Waals surface area contributed by atoms with Crippen LogP contribution in [0.2, 0.25) is 0 Å². The summed E-state index contributed by atoms with van der Waals surface area (Å²) in [5, 5.41) is 4.36. The number of hydrogen-bond donors (Lipinski definition) is 3. The van der Waals surface area contributed by atoms with Crippen LogP contribution in [0.4, 0.5) is 0 Å². The van der Waals surface area contributed by atoms with Gasteiger partial charge in [0.1, 0.15) is 5.65 Å². The van der Waals surface area contributed by atoms with E-state index in [0.29, 0.717) is 0 Å². The van der Waals surface area contributed by atoms with Gasteiger partial charge in [-0.1, -0.05) is 0 Å². The Morgan fingerprint density at radius 3 is 2.95 bits per heavy atom. The van der Waals surface area contributed by atoms with Gasteiger partial charge in [-0.2, -0.15) is 0 Å². The van der Waals surface area contributed by atoms with E-state index >= 15 is 0 Å². The molecule has 1 fully saturated rings. The zero-order valence-electron chi connectivity index (χ0n) is 11.3. The Labute approximate surface area is 133 Å². The van der Waals surface area contributed by atoms with Crippen LogP contribution >= 0.6 is 24.8 Å². The number of pyridine rings is 1. The Balaban J connectivity index is 0.000000807. The Kier molecular flexibility index (Phi) is 4.61. The molecule has 0 spiro atoms. The molecule has 0 bridgehead atoms. The highest BCUT2D eigenvalue weighted by Gasteiger charge is 2.21. The topological polar surface area (TPSA) is 78.5 Å². The number of rotatable bonds is 1. The van der Waals surface area contributed by atoms with Gasteiger partial charge in [0.15, 0.2) is 0 Å². The van der Waals surface area contributed by atoms with Crippen LogP contribution in [0.15, 0.2) is 23.3 Å². The predicted molar refractivity (Wildman–Crippen MR) is 87.8 cm³/mol. The van der Waals surface area contributed by atoms with Gasteiger partial charge >= 0.3 is 5.69 Å². The van der Waals surface area contributed by atoms with Crippen molar-refractivity contribution >= 4 is 46.9 Å². The fourth-order valence-corrected chi connectivity index (χ4v) is 3.02. The van der Waals surface area contributed by atoms with E-state index in [-0.39, 0.29) is 36.5 Å². The van der Waals surface area contributed by atoms with Gasteiger partial charge in [-0.05, 0) is 25.5 Å². The molecule has 114 valence electrons. The quantitative estimate of drug-likeness (QED) is 0.638. The highest BCUT2D eigenvalue weighted by molar-refractivity contribution is 6.00. The molecular weight excluding hydrogens is 313 g/mol. The van der Waals surface area contributed by atoms with Crippen LogP contribution in [-0.4, -0.2) is 32.6 Å². The van der Waals surface area contributed by atoms with Crippen molar-refractivity contribution in [2.75, 3.05) is 13.1 Å². The first-order valence-corrected chi connectivity index (χ1v) is 6.61. The van der Waals surface area contributed by atoms with E-state index in [0.717, 1.165) is 48.0 Å². The number of halogens is 2. The highest BCUT2D eigenvalue weighted by atomic mass is 35.5. The fourth-order valence-electron chi connectivity index (χ4n) is 3.02. The van der Waals surface area contributed by atoms with Crippen LogP contribution in [-0.2, 0) is 0 Å². The summed E-state index contributed by atoms with van der Waals surface area (Å²) in [7, 11) is 0. The zero-order valence-corrected chi connectivity index (χ0v) is 12.9. The average Bonchev–Trinajstić information content (AvgIpc) is 3.02. The zero-order chi connectivity index (χ0) is 12.8. The van der Waals surface area contributed by atoms with Crippen LogP contribution in [0.5, 0.6) is 0 Å². The first kappa shape index (κ1) is 15.9. The molecule has 4 rings (SSSR count). The van der Waals surface area contributed by atoms with Gasteiger partial charge in [-0.25, -0.2) is 9.78 Å². The van der Waals surface area contributed by atoms with Crippen molar-refractivity contribution in [1.29, 1.82) is 0 Å². The summed E-state index contributed by atoms with van der Waals surface area (Å²) in [6.07, 6.45) is 5.72. The summed E-state index contributed by atoms with van der Waals surface area (Å²) in [5.41, 5.74) is 2.55. The van der Waals surface area contributed by atoms with Crippen molar-refractivity contribution in [3.05, 3.63) is 28.9 Å². The second-order valence-electron chi connectivity index (χ2n) is 5.06. The molecular formula is C13H17Cl2N5O. The molecule has 0 aromatic carbocycles. The van der Waals surface area contributed by atoms with Gasteiger partial charge in [0.05, 0.1) is 23.3 Å². The number of aromatic nitrogens is 4. The minimum absolute atomic E-state index is 0. The molecule has 3 aromatic heterocycles. The smallest absolute Gasteiger partial charge is 0.326 e. The first-order valence-electron chi connectivity index (χ1n) is 6.61. The molecule has 0 aliphatic carbocycles. The average molecular weight is 330 g/mol. The standard InChI is InChI=1S/C13H15N5O.2ClH/c19-13-17-10-7-16-12-9(3-5-15-12)11(10)18(13)8-2-1-4-14-6-8;;/h3,5,7-8,14H,1-2,4,6H2,(H,15,16)(H,17,19);2*1H/t8-;;/m1../s1. The van der Waals surface area contributed by atoms with E-state index in [2.05, 4.69) is 20.3 Å². The monoisotopic (exact) mass is 329 g/mol. The van der Waals surface area contributed by atoms with Crippen LogP contribution in [0.1, 0.15) is 18.9 Å². The van der Waals surface area contributed by atoms with Crippen molar-refractivity contribution in [3.8, 4) is 0 Å². The Morgan fingerprint density at radius 1 is 1.33 bits per heavy atom. The lowest BCUT2D eigenvalue weighted by Crippen LogP contribution is -2.35. The number of nitrogens with zero attached hydrogens (tertiary/aromatic N) is 2. The van der Waals surface area contributed by atoms with Gasteiger partial charge in [0.2, 0.25) is 0 Å². The van der Waals surface area contributed by atoms with E-state index in [9.17, 15) is 4.79 Å². The van der Waals surface area contributed by atoms with Crippen molar-refractivity contribution in [2.24, 2.45) is 0 Å². The van der Waals surface area contributed by atoms with Crippen molar-refractivity contribution in [2.45, 2.75) is 18.9 Å². The molecule has 1 aliphatic rings. The summed E-state index contributed by atoms with van der Waals surface area (Å²) in [6, 6.07) is 2.19. The number of hydrogen-bond acceptors (Lipinski definition) is 3. The van der Waals surface area contributed by atoms with Crippen LogP contribution < -0.4 is 11.0 Å². The van der Waals surface area contributed by atoms with E-state index in [4.69, 9.17) is 0 Å². The lowest BCUT2D eigenvalue weighted by atomic mass is 10.1. The molecule has 21 heavy (non-hydrogen) atoms. The third-order valence-corrected chi connectivity index (χ3v) is 3.90. The van der Waals surface area contributed by atoms with Gasteiger partial charge in [0, 0.05) is 18.1 Å². The van der Waals surface area contributed by atoms with Gasteiger partial charge in [-0.15, -0.1) is 24.8 Å². The molecule has 3 N–H and O–H groups in total. The third-order valence-electron chi connectivity index (χ3n) is 3.90. The van der Waals surface area contributed by atoms with Crippen LogP contribution in [0.25, 0.3) is 22.1 Å². The lowest BCUT2D eigenvalue weighted by Gasteiger charge is -2.24. The highest BCUT2D eigenvalue weighted by Crippen LogP contribution is 2.25. The largest absolute Gasteiger partial charge is 0.346 e. The molecule has 0 amide bonds. The second kappa shape index (κ2) is 6.09. The van der Waals surface area contributed by atoms with Crippen LogP contribution in [0.3, 0.4) is 0 Å². The van der Waals surface area contributed by atoms with Crippen molar-refractivity contribution < 1.29 is 0 Å². The van der Waals surface area contributed by atoms with E-state index in [1.54, 1.807) is 6.20 Å². The minimum atomic E-state index is -0.0424. The number of nitrogens with one attached hydrogen (secondary N) is 3. The second-order valence-corrected chi connectivity index (χ2v) is 5.06. The number of aromatic amines is 2. The SMILES string of the molecule is Cl.Cl.O=c1[nH]c2cnc3[nH]ccc3c2n1[C@@H]1CCCNC1. The first-order chi connectivity index (χ1) is 9.34. The predicted octanol–water partition coefficient (Wildman–Crippen LogP) is 1.97. The minimum Gasteiger partial charge on any atom is -0.346 e. The summed E-state index contributed by atoms with van der Waals surface area (Å²) < 4.78 is 1.89. The molecule has 3 aromatic rings. The molecule has 4 heterocycles. The molecule has 0 radical (unpaired) electrons.